The van der Waals surface area contributed by atoms with Crippen LogP contribution in [0.4, 0.5) is 0 Å². The zero-order valence-electron chi connectivity index (χ0n) is 12.6. The molecule has 0 radical (unpaired) electrons. The SMILES string of the molecule is CCn1ncc(OC)c1C1CC(C(C)C)CCC1N. The molecule has 3 unspecified atom stereocenters. The zero-order chi connectivity index (χ0) is 14.0. The fourth-order valence-electron chi connectivity index (χ4n) is 3.31. The molecule has 1 fully saturated rings. The van der Waals surface area contributed by atoms with Crippen LogP contribution in [0.25, 0.3) is 0 Å². The predicted molar refractivity (Wildman–Crippen MR) is 77.3 cm³/mol. The van der Waals surface area contributed by atoms with Gasteiger partial charge in [0.1, 0.15) is 0 Å². The van der Waals surface area contributed by atoms with E-state index in [9.17, 15) is 0 Å². The fourth-order valence-corrected chi connectivity index (χ4v) is 3.31. The second kappa shape index (κ2) is 5.95. The maximum atomic E-state index is 6.38. The average Bonchev–Trinajstić information content (AvgIpc) is 2.81. The highest BCUT2D eigenvalue weighted by atomic mass is 16.5. The maximum Gasteiger partial charge on any atom is 0.160 e. The van der Waals surface area contributed by atoms with Crippen molar-refractivity contribution in [2.24, 2.45) is 17.6 Å². The van der Waals surface area contributed by atoms with Crippen LogP contribution in [0.3, 0.4) is 0 Å². The molecule has 2 rings (SSSR count). The van der Waals surface area contributed by atoms with E-state index in [0.29, 0.717) is 5.92 Å². The van der Waals surface area contributed by atoms with E-state index in [2.05, 4.69) is 25.9 Å². The molecule has 1 aliphatic rings. The first-order chi connectivity index (χ1) is 9.08. The van der Waals surface area contributed by atoms with Crippen molar-refractivity contribution in [3.63, 3.8) is 0 Å². The van der Waals surface area contributed by atoms with Crippen LogP contribution >= 0.6 is 0 Å². The number of aryl methyl sites for hydroxylation is 1. The molecule has 2 N–H and O–H groups in total. The van der Waals surface area contributed by atoms with Gasteiger partial charge in [-0.2, -0.15) is 5.10 Å². The quantitative estimate of drug-likeness (QED) is 0.910. The lowest BCUT2D eigenvalue weighted by atomic mass is 9.72. The van der Waals surface area contributed by atoms with E-state index in [4.69, 9.17) is 10.5 Å². The van der Waals surface area contributed by atoms with Crippen molar-refractivity contribution < 1.29 is 4.74 Å². The first kappa shape index (κ1) is 14.4. The predicted octanol–water partition coefficient (Wildman–Crippen LogP) is 2.78. The summed E-state index contributed by atoms with van der Waals surface area (Å²) < 4.78 is 7.53. The third-order valence-corrected chi connectivity index (χ3v) is 4.60. The van der Waals surface area contributed by atoms with Crippen molar-refractivity contribution >= 4 is 0 Å². The summed E-state index contributed by atoms with van der Waals surface area (Å²) in [5.41, 5.74) is 7.58. The van der Waals surface area contributed by atoms with Gasteiger partial charge in [-0.05, 0) is 38.0 Å². The summed E-state index contributed by atoms with van der Waals surface area (Å²) in [4.78, 5) is 0. The largest absolute Gasteiger partial charge is 0.493 e. The molecule has 1 saturated carbocycles. The van der Waals surface area contributed by atoms with E-state index in [0.717, 1.165) is 37.0 Å². The number of aromatic nitrogens is 2. The standard InChI is InChI=1S/C15H27N3O/c1-5-18-15(14(19-4)9-17-18)12-8-11(10(2)3)6-7-13(12)16/h9-13H,5-8,16H2,1-4H3. The molecule has 3 atom stereocenters. The lowest BCUT2D eigenvalue weighted by Crippen LogP contribution is -2.37. The molecule has 0 bridgehead atoms. The van der Waals surface area contributed by atoms with E-state index < -0.39 is 0 Å². The summed E-state index contributed by atoms with van der Waals surface area (Å²) in [5, 5.41) is 4.42. The summed E-state index contributed by atoms with van der Waals surface area (Å²) >= 11 is 0. The number of hydrogen-bond acceptors (Lipinski definition) is 3. The normalized spacial score (nSPS) is 27.8. The highest BCUT2D eigenvalue weighted by Crippen LogP contribution is 2.41. The van der Waals surface area contributed by atoms with Crippen molar-refractivity contribution in [2.45, 2.75) is 58.5 Å². The van der Waals surface area contributed by atoms with E-state index >= 15 is 0 Å². The van der Waals surface area contributed by atoms with Crippen LogP contribution in [-0.2, 0) is 6.54 Å². The number of ether oxygens (including phenoxy) is 1. The minimum atomic E-state index is 0.228. The van der Waals surface area contributed by atoms with Crippen molar-refractivity contribution in [1.82, 2.24) is 9.78 Å². The van der Waals surface area contributed by atoms with Gasteiger partial charge in [0, 0.05) is 18.5 Å². The summed E-state index contributed by atoms with van der Waals surface area (Å²) in [7, 11) is 1.72. The molecule has 0 amide bonds. The average molecular weight is 265 g/mol. The smallest absolute Gasteiger partial charge is 0.160 e. The summed E-state index contributed by atoms with van der Waals surface area (Å²) in [6.07, 6.45) is 5.33. The molecule has 0 aliphatic heterocycles. The number of rotatable bonds is 4. The van der Waals surface area contributed by atoms with Gasteiger partial charge in [-0.1, -0.05) is 13.8 Å². The van der Waals surface area contributed by atoms with Crippen LogP contribution < -0.4 is 10.5 Å². The van der Waals surface area contributed by atoms with Crippen LogP contribution in [0.5, 0.6) is 5.75 Å². The maximum absolute atomic E-state index is 6.38. The minimum absolute atomic E-state index is 0.228. The van der Waals surface area contributed by atoms with E-state index in [-0.39, 0.29) is 6.04 Å². The van der Waals surface area contributed by atoms with Gasteiger partial charge in [-0.3, -0.25) is 4.68 Å². The Hall–Kier alpha value is -1.03. The summed E-state index contributed by atoms with van der Waals surface area (Å²) in [6, 6.07) is 0.228. The number of hydrogen-bond donors (Lipinski definition) is 1. The van der Waals surface area contributed by atoms with Gasteiger partial charge >= 0.3 is 0 Å². The number of methoxy groups -OCH3 is 1. The zero-order valence-corrected chi connectivity index (χ0v) is 12.6. The highest BCUT2D eigenvalue weighted by Gasteiger charge is 2.34. The van der Waals surface area contributed by atoms with Gasteiger partial charge in [0.25, 0.3) is 0 Å². The first-order valence-corrected chi connectivity index (χ1v) is 7.43. The molecule has 4 nitrogen and oxygen atoms in total. The number of nitrogens with zero attached hydrogens (tertiary/aromatic N) is 2. The van der Waals surface area contributed by atoms with E-state index in [1.165, 1.54) is 12.1 Å². The van der Waals surface area contributed by atoms with Crippen molar-refractivity contribution in [3.05, 3.63) is 11.9 Å². The van der Waals surface area contributed by atoms with Crippen LogP contribution in [-0.4, -0.2) is 22.9 Å². The Morgan fingerprint density at radius 2 is 2.21 bits per heavy atom. The molecule has 1 heterocycles. The topological polar surface area (TPSA) is 53.1 Å². The second-order valence-corrected chi connectivity index (χ2v) is 6.00. The lowest BCUT2D eigenvalue weighted by molar-refractivity contribution is 0.223. The van der Waals surface area contributed by atoms with Gasteiger partial charge in [0.05, 0.1) is 19.0 Å². The Morgan fingerprint density at radius 1 is 1.47 bits per heavy atom. The van der Waals surface area contributed by atoms with E-state index in [1.807, 2.05) is 10.9 Å². The van der Waals surface area contributed by atoms with Gasteiger partial charge in [0.15, 0.2) is 5.75 Å². The molecule has 1 aliphatic carbocycles. The summed E-state index contributed by atoms with van der Waals surface area (Å²) in [6.45, 7) is 7.61. The third kappa shape index (κ3) is 2.78. The monoisotopic (exact) mass is 265 g/mol. The molecule has 0 spiro atoms. The van der Waals surface area contributed by atoms with Gasteiger partial charge in [-0.15, -0.1) is 0 Å². The van der Waals surface area contributed by atoms with E-state index in [1.54, 1.807) is 7.11 Å². The molecule has 0 aromatic carbocycles. The molecule has 1 aromatic heterocycles. The molecular weight excluding hydrogens is 238 g/mol. The Bertz CT molecular complexity index is 392. The van der Waals surface area contributed by atoms with Crippen LogP contribution in [0.2, 0.25) is 0 Å². The van der Waals surface area contributed by atoms with Gasteiger partial charge in [0.2, 0.25) is 0 Å². The van der Waals surface area contributed by atoms with Crippen LogP contribution in [0.15, 0.2) is 6.20 Å². The molecule has 108 valence electrons. The lowest BCUT2D eigenvalue weighted by Gasteiger charge is -2.36. The summed E-state index contributed by atoms with van der Waals surface area (Å²) in [5.74, 6) is 2.75. The van der Waals surface area contributed by atoms with Crippen molar-refractivity contribution in [1.29, 1.82) is 0 Å². The van der Waals surface area contributed by atoms with Crippen molar-refractivity contribution in [3.8, 4) is 5.75 Å². The van der Waals surface area contributed by atoms with Gasteiger partial charge in [-0.25, -0.2) is 0 Å². The Labute approximate surface area is 116 Å². The Morgan fingerprint density at radius 3 is 2.79 bits per heavy atom. The van der Waals surface area contributed by atoms with Crippen LogP contribution in [0.1, 0.15) is 51.6 Å². The van der Waals surface area contributed by atoms with Crippen LogP contribution in [0, 0.1) is 11.8 Å². The Balaban J connectivity index is 2.30. The molecule has 1 aromatic rings. The second-order valence-electron chi connectivity index (χ2n) is 6.00. The molecule has 19 heavy (non-hydrogen) atoms. The number of nitrogens with two attached hydrogens (primary N) is 1. The Kier molecular flexibility index (Phi) is 4.50. The van der Waals surface area contributed by atoms with Gasteiger partial charge < -0.3 is 10.5 Å². The first-order valence-electron chi connectivity index (χ1n) is 7.43. The van der Waals surface area contributed by atoms with Crippen molar-refractivity contribution in [2.75, 3.05) is 7.11 Å². The third-order valence-electron chi connectivity index (χ3n) is 4.60. The molecular formula is C15H27N3O. The minimum Gasteiger partial charge on any atom is -0.493 e. The molecule has 0 saturated heterocycles. The highest BCUT2D eigenvalue weighted by molar-refractivity contribution is 5.30. The fraction of sp³-hybridized carbons (Fsp3) is 0.800. The molecule has 4 heteroatoms.